The maximum atomic E-state index is 11.7. The molecule has 1 aromatic rings. The van der Waals surface area contributed by atoms with Gasteiger partial charge in [0.1, 0.15) is 0 Å². The Balaban J connectivity index is 2.11. The van der Waals surface area contributed by atoms with Gasteiger partial charge in [-0.3, -0.25) is 4.79 Å². The van der Waals surface area contributed by atoms with Gasteiger partial charge in [-0.05, 0) is 17.5 Å². The summed E-state index contributed by atoms with van der Waals surface area (Å²) in [6.07, 6.45) is 1.16. The van der Waals surface area contributed by atoms with Gasteiger partial charge in [0.25, 0.3) is 0 Å². The number of benzene rings is 1. The predicted octanol–water partition coefficient (Wildman–Crippen LogP) is 0.954. The number of hydrogen-bond acceptors (Lipinski definition) is 2. The molecule has 15 heavy (non-hydrogen) atoms. The lowest BCUT2D eigenvalue weighted by atomic mass is 9.99. The second kappa shape index (κ2) is 4.45. The number of hydrogen-bond donors (Lipinski definition) is 1. The van der Waals surface area contributed by atoms with Gasteiger partial charge in [0.05, 0.1) is 6.42 Å². The van der Waals surface area contributed by atoms with E-state index in [1.54, 1.807) is 0 Å². The van der Waals surface area contributed by atoms with Gasteiger partial charge in [-0.2, -0.15) is 0 Å². The number of aliphatic hydroxyl groups is 1. The van der Waals surface area contributed by atoms with E-state index in [1.807, 2.05) is 23.1 Å². The monoisotopic (exact) mass is 205 g/mol. The molecule has 1 aliphatic heterocycles. The minimum atomic E-state index is 0.144. The SMILES string of the molecule is O=C1Cc2ccccc2CN1CCCO. The van der Waals surface area contributed by atoms with Crippen LogP contribution in [0.25, 0.3) is 0 Å². The first-order valence-corrected chi connectivity index (χ1v) is 5.26. The maximum Gasteiger partial charge on any atom is 0.227 e. The molecular formula is C12H15NO2. The van der Waals surface area contributed by atoms with Gasteiger partial charge in [-0.15, -0.1) is 0 Å². The Morgan fingerprint density at radius 3 is 2.73 bits per heavy atom. The van der Waals surface area contributed by atoms with Crippen LogP contribution in [0.2, 0.25) is 0 Å². The van der Waals surface area contributed by atoms with E-state index in [2.05, 4.69) is 6.07 Å². The van der Waals surface area contributed by atoms with Gasteiger partial charge in [0.15, 0.2) is 0 Å². The highest BCUT2D eigenvalue weighted by atomic mass is 16.3. The van der Waals surface area contributed by atoms with Gasteiger partial charge in [0.2, 0.25) is 5.91 Å². The summed E-state index contributed by atoms with van der Waals surface area (Å²) in [7, 11) is 0. The molecule has 0 spiro atoms. The van der Waals surface area contributed by atoms with Crippen molar-refractivity contribution in [2.24, 2.45) is 0 Å². The van der Waals surface area contributed by atoms with Crippen LogP contribution in [-0.4, -0.2) is 29.1 Å². The lowest BCUT2D eigenvalue weighted by molar-refractivity contribution is -0.132. The van der Waals surface area contributed by atoms with Crippen LogP contribution in [0.3, 0.4) is 0 Å². The van der Waals surface area contributed by atoms with E-state index < -0.39 is 0 Å². The van der Waals surface area contributed by atoms with Gasteiger partial charge < -0.3 is 10.0 Å². The zero-order chi connectivity index (χ0) is 10.7. The van der Waals surface area contributed by atoms with E-state index in [9.17, 15) is 4.79 Å². The van der Waals surface area contributed by atoms with Crippen molar-refractivity contribution in [2.45, 2.75) is 19.4 Å². The molecule has 0 aliphatic carbocycles. The number of rotatable bonds is 3. The van der Waals surface area contributed by atoms with E-state index in [0.717, 1.165) is 5.56 Å². The summed E-state index contributed by atoms with van der Waals surface area (Å²) in [5, 5.41) is 8.74. The second-order valence-corrected chi connectivity index (χ2v) is 3.84. The highest BCUT2D eigenvalue weighted by molar-refractivity contribution is 5.80. The fourth-order valence-electron chi connectivity index (χ4n) is 1.92. The molecule has 0 unspecified atom stereocenters. The lowest BCUT2D eigenvalue weighted by Gasteiger charge is -2.28. The van der Waals surface area contributed by atoms with Gasteiger partial charge in [-0.1, -0.05) is 24.3 Å². The Kier molecular flexibility index (Phi) is 3.02. The Bertz CT molecular complexity index is 362. The van der Waals surface area contributed by atoms with Crippen LogP contribution in [0.4, 0.5) is 0 Å². The number of nitrogens with zero attached hydrogens (tertiary/aromatic N) is 1. The lowest BCUT2D eigenvalue weighted by Crippen LogP contribution is -2.37. The fourth-order valence-corrected chi connectivity index (χ4v) is 1.92. The average molecular weight is 205 g/mol. The number of fused-ring (bicyclic) bond motifs is 1. The maximum absolute atomic E-state index is 11.7. The first-order chi connectivity index (χ1) is 7.31. The summed E-state index contributed by atoms with van der Waals surface area (Å²) in [4.78, 5) is 13.5. The van der Waals surface area contributed by atoms with Crippen molar-refractivity contribution in [3.05, 3.63) is 35.4 Å². The molecule has 1 aromatic carbocycles. The predicted molar refractivity (Wildman–Crippen MR) is 57.3 cm³/mol. The van der Waals surface area contributed by atoms with Crippen LogP contribution >= 0.6 is 0 Å². The van der Waals surface area contributed by atoms with Crippen LogP contribution in [0, 0.1) is 0 Å². The number of carbonyl (C=O) groups excluding carboxylic acids is 1. The molecule has 0 saturated carbocycles. The average Bonchev–Trinajstić information content (AvgIpc) is 2.26. The summed E-state index contributed by atoms with van der Waals surface area (Å²) in [5.41, 5.74) is 2.37. The largest absolute Gasteiger partial charge is 0.396 e. The van der Waals surface area contributed by atoms with Crippen molar-refractivity contribution in [3.8, 4) is 0 Å². The molecule has 1 aliphatic rings. The standard InChI is InChI=1S/C12H15NO2/c14-7-3-6-13-9-11-5-2-1-4-10(11)8-12(13)15/h1-2,4-5,14H,3,6-9H2. The number of carbonyl (C=O) groups is 1. The van der Waals surface area contributed by atoms with Gasteiger partial charge in [-0.25, -0.2) is 0 Å². The van der Waals surface area contributed by atoms with Crippen molar-refractivity contribution < 1.29 is 9.90 Å². The molecule has 1 amide bonds. The quantitative estimate of drug-likeness (QED) is 0.798. The van der Waals surface area contributed by atoms with Crippen molar-refractivity contribution in [1.82, 2.24) is 4.90 Å². The van der Waals surface area contributed by atoms with Crippen molar-refractivity contribution in [3.63, 3.8) is 0 Å². The van der Waals surface area contributed by atoms with Crippen LogP contribution in [0.5, 0.6) is 0 Å². The molecule has 2 rings (SSSR count). The number of amides is 1. The molecule has 0 atom stereocenters. The normalized spacial score (nSPS) is 15.3. The topological polar surface area (TPSA) is 40.5 Å². The van der Waals surface area contributed by atoms with Crippen LogP contribution < -0.4 is 0 Å². The van der Waals surface area contributed by atoms with Crippen molar-refractivity contribution in [1.29, 1.82) is 0 Å². The van der Waals surface area contributed by atoms with E-state index in [0.29, 0.717) is 25.9 Å². The highest BCUT2D eigenvalue weighted by Gasteiger charge is 2.21. The van der Waals surface area contributed by atoms with Crippen LogP contribution in [-0.2, 0) is 17.8 Å². The van der Waals surface area contributed by atoms with E-state index in [1.165, 1.54) is 5.56 Å². The molecule has 0 saturated heterocycles. The third-order valence-electron chi connectivity index (χ3n) is 2.76. The fraction of sp³-hybridized carbons (Fsp3) is 0.417. The molecule has 1 heterocycles. The zero-order valence-corrected chi connectivity index (χ0v) is 8.65. The summed E-state index contributed by atoms with van der Waals surface area (Å²) >= 11 is 0. The minimum Gasteiger partial charge on any atom is -0.396 e. The van der Waals surface area contributed by atoms with E-state index in [4.69, 9.17) is 5.11 Å². The van der Waals surface area contributed by atoms with E-state index in [-0.39, 0.29) is 12.5 Å². The van der Waals surface area contributed by atoms with Crippen LogP contribution in [0.15, 0.2) is 24.3 Å². The summed E-state index contributed by atoms with van der Waals surface area (Å²) in [6, 6.07) is 8.04. The van der Waals surface area contributed by atoms with Crippen molar-refractivity contribution >= 4 is 5.91 Å². The molecule has 3 nitrogen and oxygen atoms in total. The first kappa shape index (κ1) is 10.2. The molecule has 0 bridgehead atoms. The zero-order valence-electron chi connectivity index (χ0n) is 8.65. The summed E-state index contributed by atoms with van der Waals surface area (Å²) in [6.45, 7) is 1.49. The third kappa shape index (κ3) is 2.18. The molecule has 0 fully saturated rings. The minimum absolute atomic E-state index is 0.144. The van der Waals surface area contributed by atoms with Crippen LogP contribution in [0.1, 0.15) is 17.5 Å². The Morgan fingerprint density at radius 1 is 1.27 bits per heavy atom. The smallest absolute Gasteiger partial charge is 0.227 e. The summed E-state index contributed by atoms with van der Waals surface area (Å²) < 4.78 is 0. The Labute approximate surface area is 89.3 Å². The van der Waals surface area contributed by atoms with Crippen molar-refractivity contribution in [2.75, 3.05) is 13.2 Å². The molecule has 80 valence electrons. The Morgan fingerprint density at radius 2 is 2.00 bits per heavy atom. The number of aliphatic hydroxyl groups excluding tert-OH is 1. The molecular weight excluding hydrogens is 190 g/mol. The third-order valence-corrected chi connectivity index (χ3v) is 2.76. The Hall–Kier alpha value is -1.35. The second-order valence-electron chi connectivity index (χ2n) is 3.84. The summed E-state index contributed by atoms with van der Waals surface area (Å²) in [5.74, 6) is 0.169. The molecule has 0 radical (unpaired) electrons. The van der Waals surface area contributed by atoms with Gasteiger partial charge >= 0.3 is 0 Å². The van der Waals surface area contributed by atoms with E-state index >= 15 is 0 Å². The highest BCUT2D eigenvalue weighted by Crippen LogP contribution is 2.19. The molecule has 0 aromatic heterocycles. The molecule has 3 heteroatoms. The molecule has 1 N–H and O–H groups in total. The van der Waals surface area contributed by atoms with Gasteiger partial charge in [0, 0.05) is 19.7 Å². The first-order valence-electron chi connectivity index (χ1n) is 5.26.